The van der Waals surface area contributed by atoms with Gasteiger partial charge in [0.25, 0.3) is 0 Å². The molecule has 2 atom stereocenters. The molecule has 1 heterocycles. The van der Waals surface area contributed by atoms with Crippen LogP contribution in [-0.4, -0.2) is 24.9 Å². The Labute approximate surface area is 171 Å². The van der Waals surface area contributed by atoms with Crippen molar-refractivity contribution in [2.45, 2.75) is 102 Å². The summed E-state index contributed by atoms with van der Waals surface area (Å²) in [5.41, 5.74) is -0.349. The first-order valence-electron chi connectivity index (χ1n) is 10.3. The van der Waals surface area contributed by atoms with E-state index < -0.39 is 0 Å². The smallest absolute Gasteiger partial charge is 0.116 e. The average Bonchev–Trinajstić information content (AvgIpc) is 2.62. The summed E-state index contributed by atoms with van der Waals surface area (Å²) in [7, 11) is 0. The van der Waals surface area contributed by atoms with Crippen LogP contribution in [0.25, 0.3) is 0 Å². The molecule has 1 aliphatic heterocycles. The molecule has 1 saturated heterocycles. The van der Waals surface area contributed by atoms with Crippen molar-refractivity contribution in [3.8, 4) is 0 Å². The molecule has 3 heteroatoms. The topological polar surface area (TPSA) is 18.5 Å². The van der Waals surface area contributed by atoms with E-state index in [1.807, 2.05) is 12.2 Å². The number of ether oxygens (including phenoxy) is 2. The van der Waals surface area contributed by atoms with Gasteiger partial charge >= 0.3 is 0 Å². The third kappa shape index (κ3) is 10.1. The van der Waals surface area contributed by atoms with Crippen LogP contribution in [0, 0.1) is 0 Å². The maximum Gasteiger partial charge on any atom is 0.116 e. The van der Waals surface area contributed by atoms with Crippen molar-refractivity contribution in [2.75, 3.05) is 13.2 Å². The van der Waals surface area contributed by atoms with Crippen molar-refractivity contribution in [3.63, 3.8) is 0 Å². The molecule has 0 spiro atoms. The molecular formula is C22H40O2Pt. The normalized spacial score (nSPS) is 23.0. The second kappa shape index (κ2) is 16.3. The Morgan fingerprint density at radius 2 is 1.36 bits per heavy atom. The first-order valence-corrected chi connectivity index (χ1v) is 10.3. The van der Waals surface area contributed by atoms with Gasteiger partial charge in [-0.05, 0) is 6.42 Å². The van der Waals surface area contributed by atoms with Gasteiger partial charge in [0, 0.05) is 21.1 Å². The van der Waals surface area contributed by atoms with E-state index in [0.717, 1.165) is 6.42 Å². The fourth-order valence-corrected chi connectivity index (χ4v) is 3.63. The maximum atomic E-state index is 6.00. The van der Waals surface area contributed by atoms with E-state index in [1.54, 1.807) is 0 Å². The number of rotatable bonds is 15. The molecule has 0 radical (unpaired) electrons. The van der Waals surface area contributed by atoms with Crippen LogP contribution in [0.3, 0.4) is 0 Å². The molecule has 0 bridgehead atoms. The van der Waals surface area contributed by atoms with Crippen molar-refractivity contribution >= 4 is 0 Å². The SMILES string of the molecule is C=CC1OCCOC1(C=C)CCCCCCCCCCCCCC.[Pt]. The zero-order valence-corrected chi connectivity index (χ0v) is 18.7. The predicted octanol–water partition coefficient (Wildman–Crippen LogP) is 6.60. The molecule has 150 valence electrons. The molecule has 2 nitrogen and oxygen atoms in total. The third-order valence-electron chi connectivity index (χ3n) is 5.21. The first kappa shape index (κ1) is 25.1. The summed E-state index contributed by atoms with van der Waals surface area (Å²) in [5, 5.41) is 0. The molecule has 1 rings (SSSR count). The zero-order chi connectivity index (χ0) is 17.5. The van der Waals surface area contributed by atoms with Gasteiger partial charge in [-0.15, -0.1) is 13.2 Å². The Balaban J connectivity index is 0.00000576. The Bertz CT molecular complexity index is 332. The minimum atomic E-state index is -0.349. The van der Waals surface area contributed by atoms with E-state index in [9.17, 15) is 0 Å². The van der Waals surface area contributed by atoms with Gasteiger partial charge in [-0.25, -0.2) is 0 Å². The second-order valence-electron chi connectivity index (χ2n) is 7.17. The summed E-state index contributed by atoms with van der Waals surface area (Å²) in [6.07, 6.45) is 21.2. The van der Waals surface area contributed by atoms with Gasteiger partial charge in [0.1, 0.15) is 11.7 Å². The van der Waals surface area contributed by atoms with Gasteiger partial charge in [0.15, 0.2) is 0 Å². The minimum Gasteiger partial charge on any atom is -0.368 e. The zero-order valence-electron chi connectivity index (χ0n) is 16.4. The van der Waals surface area contributed by atoms with Crippen molar-refractivity contribution < 1.29 is 30.5 Å². The van der Waals surface area contributed by atoms with Crippen LogP contribution in [0.4, 0.5) is 0 Å². The Morgan fingerprint density at radius 1 is 0.840 bits per heavy atom. The monoisotopic (exact) mass is 531 g/mol. The molecule has 2 unspecified atom stereocenters. The fourth-order valence-electron chi connectivity index (χ4n) is 3.63. The maximum absolute atomic E-state index is 6.00. The molecule has 0 aliphatic carbocycles. The van der Waals surface area contributed by atoms with Gasteiger partial charge in [-0.3, -0.25) is 0 Å². The van der Waals surface area contributed by atoms with E-state index in [2.05, 4.69) is 20.1 Å². The van der Waals surface area contributed by atoms with E-state index in [0.29, 0.717) is 13.2 Å². The quantitative estimate of drug-likeness (QED) is 0.175. The summed E-state index contributed by atoms with van der Waals surface area (Å²) in [6.45, 7) is 11.5. The van der Waals surface area contributed by atoms with Crippen LogP contribution in [0.2, 0.25) is 0 Å². The van der Waals surface area contributed by atoms with Crippen molar-refractivity contribution in [2.24, 2.45) is 0 Å². The van der Waals surface area contributed by atoms with Gasteiger partial charge in [0.05, 0.1) is 13.2 Å². The van der Waals surface area contributed by atoms with E-state index >= 15 is 0 Å². The fraction of sp³-hybridized carbons (Fsp3) is 0.818. The van der Waals surface area contributed by atoms with Crippen LogP contribution in [-0.2, 0) is 30.5 Å². The molecule has 0 aromatic heterocycles. The van der Waals surface area contributed by atoms with Crippen LogP contribution in [0.15, 0.2) is 25.3 Å². The van der Waals surface area contributed by atoms with Crippen molar-refractivity contribution in [1.82, 2.24) is 0 Å². The molecule has 0 aromatic rings. The van der Waals surface area contributed by atoms with Crippen molar-refractivity contribution in [1.29, 1.82) is 0 Å². The Hall–Kier alpha value is 0.0883. The summed E-state index contributed by atoms with van der Waals surface area (Å²) in [5.74, 6) is 0. The average molecular weight is 532 g/mol. The molecule has 1 fully saturated rings. The van der Waals surface area contributed by atoms with Gasteiger partial charge < -0.3 is 9.47 Å². The number of hydrogen-bond donors (Lipinski definition) is 0. The molecule has 0 amide bonds. The third-order valence-corrected chi connectivity index (χ3v) is 5.21. The summed E-state index contributed by atoms with van der Waals surface area (Å²) in [6, 6.07) is 0. The Kier molecular flexibility index (Phi) is 16.3. The van der Waals surface area contributed by atoms with Crippen LogP contribution < -0.4 is 0 Å². The van der Waals surface area contributed by atoms with Gasteiger partial charge in [-0.2, -0.15) is 0 Å². The standard InChI is InChI=1S/C22H40O2.Pt/c1-4-7-8-9-10-11-12-13-14-15-16-17-18-22(6-3)21(5-2)23-19-20-24-22;/h5-6,21H,2-4,7-20H2,1H3;. The summed E-state index contributed by atoms with van der Waals surface area (Å²) >= 11 is 0. The van der Waals surface area contributed by atoms with Crippen LogP contribution >= 0.6 is 0 Å². The molecule has 0 aromatic carbocycles. The van der Waals surface area contributed by atoms with E-state index in [4.69, 9.17) is 9.47 Å². The van der Waals surface area contributed by atoms with Crippen LogP contribution in [0.5, 0.6) is 0 Å². The van der Waals surface area contributed by atoms with Gasteiger partial charge in [-0.1, -0.05) is 96.1 Å². The molecule has 0 saturated carbocycles. The first-order chi connectivity index (χ1) is 11.8. The molecule has 0 N–H and O–H groups in total. The molecular weight excluding hydrogens is 491 g/mol. The summed E-state index contributed by atoms with van der Waals surface area (Å²) in [4.78, 5) is 0. The second-order valence-corrected chi connectivity index (χ2v) is 7.17. The minimum absolute atomic E-state index is 0. The summed E-state index contributed by atoms with van der Waals surface area (Å²) < 4.78 is 11.8. The van der Waals surface area contributed by atoms with Gasteiger partial charge in [0.2, 0.25) is 0 Å². The Morgan fingerprint density at radius 3 is 1.84 bits per heavy atom. The van der Waals surface area contributed by atoms with Crippen molar-refractivity contribution in [3.05, 3.63) is 25.3 Å². The predicted molar refractivity (Wildman–Crippen MR) is 105 cm³/mol. The van der Waals surface area contributed by atoms with E-state index in [-0.39, 0.29) is 32.8 Å². The van der Waals surface area contributed by atoms with E-state index in [1.165, 1.54) is 77.0 Å². The molecule has 25 heavy (non-hydrogen) atoms. The largest absolute Gasteiger partial charge is 0.368 e. The molecule has 1 aliphatic rings. The number of unbranched alkanes of at least 4 members (excludes halogenated alkanes) is 11. The van der Waals surface area contributed by atoms with Crippen LogP contribution in [0.1, 0.15) is 90.4 Å². The number of hydrogen-bond acceptors (Lipinski definition) is 2.